The van der Waals surface area contributed by atoms with Gasteiger partial charge in [-0.2, -0.15) is 0 Å². The van der Waals surface area contributed by atoms with Crippen LogP contribution in [-0.2, 0) is 0 Å². The summed E-state index contributed by atoms with van der Waals surface area (Å²) in [5, 5.41) is 4.58. The lowest BCUT2D eigenvalue weighted by molar-refractivity contribution is 0.419. The SMILES string of the molecule is c1cc2ccc(Nc3ccc(C4CCC4)cn3)cc2[nH]1. The molecule has 0 bridgehead atoms. The van der Waals surface area contributed by atoms with E-state index in [1.54, 1.807) is 0 Å². The second kappa shape index (κ2) is 4.67. The van der Waals surface area contributed by atoms with E-state index >= 15 is 0 Å². The van der Waals surface area contributed by atoms with E-state index in [1.807, 2.05) is 12.4 Å². The Kier molecular flexibility index (Phi) is 2.69. The maximum absolute atomic E-state index is 4.52. The van der Waals surface area contributed by atoms with Crippen LogP contribution in [0, 0.1) is 0 Å². The number of aromatic amines is 1. The van der Waals surface area contributed by atoms with Crippen LogP contribution in [0.25, 0.3) is 10.9 Å². The van der Waals surface area contributed by atoms with E-state index in [4.69, 9.17) is 0 Å². The Bertz CT molecular complexity index is 723. The first kappa shape index (κ1) is 11.5. The van der Waals surface area contributed by atoms with Crippen molar-refractivity contribution in [2.75, 3.05) is 5.32 Å². The molecule has 2 aromatic heterocycles. The zero-order valence-corrected chi connectivity index (χ0v) is 11.3. The summed E-state index contributed by atoms with van der Waals surface area (Å²) in [5.41, 5.74) is 3.58. The van der Waals surface area contributed by atoms with Crippen LogP contribution < -0.4 is 5.32 Å². The highest BCUT2D eigenvalue weighted by molar-refractivity contribution is 5.83. The minimum atomic E-state index is 0.742. The molecule has 2 heterocycles. The van der Waals surface area contributed by atoms with E-state index in [2.05, 4.69) is 51.7 Å². The van der Waals surface area contributed by atoms with Gasteiger partial charge in [0.2, 0.25) is 0 Å². The van der Waals surface area contributed by atoms with Crippen LogP contribution in [0.2, 0.25) is 0 Å². The minimum Gasteiger partial charge on any atom is -0.361 e. The molecule has 1 aromatic carbocycles. The first-order valence-electron chi connectivity index (χ1n) is 7.19. The summed E-state index contributed by atoms with van der Waals surface area (Å²) in [4.78, 5) is 7.75. The van der Waals surface area contributed by atoms with Crippen molar-refractivity contribution in [2.45, 2.75) is 25.2 Å². The van der Waals surface area contributed by atoms with Crippen LogP contribution in [0.3, 0.4) is 0 Å². The van der Waals surface area contributed by atoms with Gasteiger partial charge in [0.1, 0.15) is 5.82 Å². The molecular formula is C17H17N3. The van der Waals surface area contributed by atoms with Gasteiger partial charge in [-0.05, 0) is 54.0 Å². The maximum atomic E-state index is 4.52. The fourth-order valence-electron chi connectivity index (χ4n) is 2.74. The molecule has 0 spiro atoms. The van der Waals surface area contributed by atoms with Crippen LogP contribution in [0.5, 0.6) is 0 Å². The van der Waals surface area contributed by atoms with Gasteiger partial charge in [0, 0.05) is 23.6 Å². The molecule has 20 heavy (non-hydrogen) atoms. The summed E-state index contributed by atoms with van der Waals surface area (Å²) in [6.07, 6.45) is 7.97. The van der Waals surface area contributed by atoms with Crippen LogP contribution in [0.1, 0.15) is 30.7 Å². The maximum Gasteiger partial charge on any atom is 0.130 e. The highest BCUT2D eigenvalue weighted by atomic mass is 15.0. The topological polar surface area (TPSA) is 40.7 Å². The number of hydrogen-bond acceptors (Lipinski definition) is 2. The Morgan fingerprint density at radius 2 is 2.05 bits per heavy atom. The van der Waals surface area contributed by atoms with Gasteiger partial charge in [-0.3, -0.25) is 0 Å². The molecule has 4 rings (SSSR count). The molecule has 0 aliphatic heterocycles. The number of aromatic nitrogens is 2. The van der Waals surface area contributed by atoms with Crippen molar-refractivity contribution in [3.63, 3.8) is 0 Å². The van der Waals surface area contributed by atoms with Crippen LogP contribution >= 0.6 is 0 Å². The average Bonchev–Trinajstić information content (AvgIpc) is 2.86. The minimum absolute atomic E-state index is 0.742. The molecule has 1 fully saturated rings. The van der Waals surface area contributed by atoms with Crippen molar-refractivity contribution in [2.24, 2.45) is 0 Å². The summed E-state index contributed by atoms with van der Waals surface area (Å²) in [6.45, 7) is 0. The summed E-state index contributed by atoms with van der Waals surface area (Å²) < 4.78 is 0. The number of fused-ring (bicyclic) bond motifs is 1. The summed E-state index contributed by atoms with van der Waals surface area (Å²) in [7, 11) is 0. The number of nitrogens with zero attached hydrogens (tertiary/aromatic N) is 1. The number of rotatable bonds is 3. The van der Waals surface area contributed by atoms with Gasteiger partial charge >= 0.3 is 0 Å². The second-order valence-corrected chi connectivity index (χ2v) is 5.51. The van der Waals surface area contributed by atoms with E-state index in [9.17, 15) is 0 Å². The molecule has 3 aromatic rings. The van der Waals surface area contributed by atoms with Gasteiger partial charge in [-0.15, -0.1) is 0 Å². The molecule has 0 saturated heterocycles. The molecule has 0 amide bonds. The van der Waals surface area contributed by atoms with Crippen LogP contribution in [0.4, 0.5) is 11.5 Å². The fraction of sp³-hybridized carbons (Fsp3) is 0.235. The van der Waals surface area contributed by atoms with Gasteiger partial charge in [0.25, 0.3) is 0 Å². The number of nitrogens with one attached hydrogen (secondary N) is 2. The lowest BCUT2D eigenvalue weighted by Crippen LogP contribution is -2.09. The Morgan fingerprint density at radius 3 is 2.80 bits per heavy atom. The van der Waals surface area contributed by atoms with Crippen LogP contribution in [0.15, 0.2) is 48.8 Å². The molecule has 0 atom stereocenters. The predicted molar refractivity (Wildman–Crippen MR) is 82.4 cm³/mol. The van der Waals surface area contributed by atoms with Crippen molar-refractivity contribution in [3.05, 3.63) is 54.4 Å². The van der Waals surface area contributed by atoms with E-state index in [-0.39, 0.29) is 0 Å². The third kappa shape index (κ3) is 2.05. The molecule has 1 aliphatic carbocycles. The third-order valence-electron chi connectivity index (χ3n) is 4.19. The average molecular weight is 263 g/mol. The predicted octanol–water partition coefficient (Wildman–Crippen LogP) is 4.57. The standard InChI is InChI=1S/C17H17N3/c1-2-12(3-1)14-5-7-17(19-11-14)20-15-6-4-13-8-9-18-16(13)10-15/h4-12,18H,1-3H2,(H,19,20). The lowest BCUT2D eigenvalue weighted by atomic mass is 9.81. The Labute approximate surface area is 118 Å². The van der Waals surface area contributed by atoms with E-state index in [0.29, 0.717) is 0 Å². The number of benzene rings is 1. The van der Waals surface area contributed by atoms with Crippen molar-refractivity contribution in [1.29, 1.82) is 0 Å². The highest BCUT2D eigenvalue weighted by Crippen LogP contribution is 2.36. The fourth-order valence-corrected chi connectivity index (χ4v) is 2.74. The van der Waals surface area contributed by atoms with Gasteiger partial charge in [0.05, 0.1) is 0 Å². The monoisotopic (exact) mass is 263 g/mol. The molecular weight excluding hydrogens is 246 g/mol. The van der Waals surface area contributed by atoms with E-state index < -0.39 is 0 Å². The second-order valence-electron chi connectivity index (χ2n) is 5.51. The first-order valence-corrected chi connectivity index (χ1v) is 7.19. The highest BCUT2D eigenvalue weighted by Gasteiger charge is 2.19. The number of hydrogen-bond donors (Lipinski definition) is 2. The normalized spacial score (nSPS) is 15.2. The Balaban J connectivity index is 1.55. The van der Waals surface area contributed by atoms with Crippen LogP contribution in [-0.4, -0.2) is 9.97 Å². The molecule has 2 N–H and O–H groups in total. The van der Waals surface area contributed by atoms with Crippen molar-refractivity contribution < 1.29 is 0 Å². The van der Waals surface area contributed by atoms with Crippen molar-refractivity contribution in [1.82, 2.24) is 9.97 Å². The Hall–Kier alpha value is -2.29. The summed E-state index contributed by atoms with van der Waals surface area (Å²) in [6, 6.07) is 12.6. The number of pyridine rings is 1. The number of anilines is 2. The van der Waals surface area contributed by atoms with Crippen molar-refractivity contribution >= 4 is 22.4 Å². The van der Waals surface area contributed by atoms with E-state index in [0.717, 1.165) is 22.9 Å². The van der Waals surface area contributed by atoms with Gasteiger partial charge in [-0.25, -0.2) is 4.98 Å². The summed E-state index contributed by atoms with van der Waals surface area (Å²) in [5.74, 6) is 1.64. The van der Waals surface area contributed by atoms with Gasteiger partial charge in [-0.1, -0.05) is 18.6 Å². The third-order valence-corrected chi connectivity index (χ3v) is 4.19. The molecule has 1 saturated carbocycles. The zero-order valence-electron chi connectivity index (χ0n) is 11.3. The molecule has 100 valence electrons. The Morgan fingerprint density at radius 1 is 1.10 bits per heavy atom. The largest absolute Gasteiger partial charge is 0.361 e. The quantitative estimate of drug-likeness (QED) is 0.726. The van der Waals surface area contributed by atoms with Crippen molar-refractivity contribution in [3.8, 4) is 0 Å². The first-order chi connectivity index (χ1) is 9.88. The molecule has 1 aliphatic rings. The smallest absolute Gasteiger partial charge is 0.130 e. The molecule has 0 unspecified atom stereocenters. The molecule has 0 radical (unpaired) electrons. The zero-order chi connectivity index (χ0) is 13.4. The van der Waals surface area contributed by atoms with Gasteiger partial charge in [0.15, 0.2) is 0 Å². The van der Waals surface area contributed by atoms with Gasteiger partial charge < -0.3 is 10.3 Å². The lowest BCUT2D eigenvalue weighted by Gasteiger charge is -2.25. The number of H-pyrrole nitrogens is 1. The van der Waals surface area contributed by atoms with E-state index in [1.165, 1.54) is 30.2 Å². The molecule has 3 heteroatoms. The summed E-state index contributed by atoms with van der Waals surface area (Å²) >= 11 is 0. The molecule has 3 nitrogen and oxygen atoms in total.